The lowest BCUT2D eigenvalue weighted by Crippen LogP contribution is -2.48. The van der Waals surface area contributed by atoms with Crippen LogP contribution in [0.4, 0.5) is 22.4 Å². The van der Waals surface area contributed by atoms with Crippen molar-refractivity contribution in [1.29, 1.82) is 0 Å². The lowest BCUT2D eigenvalue weighted by molar-refractivity contribution is -0.207. The molecule has 6 rings (SSSR count). The third-order valence-electron chi connectivity index (χ3n) is 7.64. The van der Waals surface area contributed by atoms with Crippen LogP contribution < -0.4 is 10.1 Å². The molecule has 1 aliphatic heterocycles. The fraction of sp³-hybridized carbons (Fsp3) is 0.176. The molecule has 3 heterocycles. The zero-order valence-corrected chi connectivity index (χ0v) is 25.4. The summed E-state index contributed by atoms with van der Waals surface area (Å²) in [6, 6.07) is 18.1. The second-order valence-corrected chi connectivity index (χ2v) is 11.1. The third kappa shape index (κ3) is 7.24. The van der Waals surface area contributed by atoms with Crippen LogP contribution >= 0.6 is 0 Å². The predicted molar refractivity (Wildman–Crippen MR) is 163 cm³/mol. The molecule has 3 aromatic carbocycles. The first-order chi connectivity index (χ1) is 23.5. The number of imide groups is 1. The Morgan fingerprint density at radius 3 is 2.27 bits per heavy atom. The van der Waals surface area contributed by atoms with Gasteiger partial charge in [0, 0.05) is 35.5 Å². The topological polar surface area (TPSA) is 135 Å². The van der Waals surface area contributed by atoms with Crippen molar-refractivity contribution >= 4 is 11.9 Å². The first-order valence-corrected chi connectivity index (χ1v) is 14.6. The average molecular weight is 672 g/mol. The van der Waals surface area contributed by atoms with Gasteiger partial charge in [-0.05, 0) is 70.1 Å². The molecule has 2 N–H and O–H groups in total. The standard InChI is InChI=1S/C34H25F4N7O4/c35-26-10-13-28(29(36)15-26)33(48,20-45-21-40-42-43-45)34(37,38)30-14-9-23(16-39-30)2-1-22-7-11-27(12-8-22)49-19-25-5-3-24(4-6-25)17-44-18-31(46)41-32(44)47/h3-16,21,48H,17-20H2,(H,41,46,47). The van der Waals surface area contributed by atoms with Crippen molar-refractivity contribution in [2.24, 2.45) is 0 Å². The fourth-order valence-electron chi connectivity index (χ4n) is 5.05. The molecule has 2 aromatic heterocycles. The lowest BCUT2D eigenvalue weighted by atomic mass is 9.84. The number of alkyl halides is 2. The fourth-order valence-corrected chi connectivity index (χ4v) is 5.05. The summed E-state index contributed by atoms with van der Waals surface area (Å²) < 4.78 is 66.8. The number of nitrogens with zero attached hydrogens (tertiary/aromatic N) is 6. The number of amides is 3. The summed E-state index contributed by atoms with van der Waals surface area (Å²) in [5.74, 6) is -0.562. The minimum absolute atomic E-state index is 0.0331. The molecule has 49 heavy (non-hydrogen) atoms. The van der Waals surface area contributed by atoms with Gasteiger partial charge in [0.1, 0.15) is 42.6 Å². The molecule has 3 amide bonds. The first-order valence-electron chi connectivity index (χ1n) is 14.6. The van der Waals surface area contributed by atoms with Crippen LogP contribution in [-0.2, 0) is 36.0 Å². The molecule has 1 unspecified atom stereocenters. The molecule has 1 atom stereocenters. The van der Waals surface area contributed by atoms with E-state index < -0.39 is 47.0 Å². The number of hydrogen-bond donors (Lipinski definition) is 2. The monoisotopic (exact) mass is 671 g/mol. The van der Waals surface area contributed by atoms with Crippen LogP contribution in [0.1, 0.15) is 33.5 Å². The molecule has 5 aromatic rings. The van der Waals surface area contributed by atoms with E-state index in [4.69, 9.17) is 4.74 Å². The van der Waals surface area contributed by atoms with E-state index in [-0.39, 0.29) is 24.6 Å². The molecule has 248 valence electrons. The number of tetrazole rings is 1. The number of aromatic nitrogens is 5. The number of aliphatic hydroxyl groups is 1. The Labute approximate surface area is 276 Å². The van der Waals surface area contributed by atoms with Crippen LogP contribution in [0.3, 0.4) is 0 Å². The van der Waals surface area contributed by atoms with Gasteiger partial charge in [0.2, 0.25) is 5.91 Å². The molecule has 0 spiro atoms. The second kappa shape index (κ2) is 13.5. The number of rotatable bonds is 10. The van der Waals surface area contributed by atoms with Gasteiger partial charge in [0.05, 0.1) is 6.54 Å². The van der Waals surface area contributed by atoms with Crippen molar-refractivity contribution in [2.75, 3.05) is 6.54 Å². The maximum Gasteiger partial charge on any atom is 0.324 e. The van der Waals surface area contributed by atoms with Crippen molar-refractivity contribution in [3.63, 3.8) is 0 Å². The smallest absolute Gasteiger partial charge is 0.324 e. The van der Waals surface area contributed by atoms with Crippen LogP contribution in [-0.4, -0.2) is 53.7 Å². The molecular formula is C34H25F4N7O4. The van der Waals surface area contributed by atoms with E-state index >= 15 is 8.78 Å². The Morgan fingerprint density at radius 2 is 1.63 bits per heavy atom. The van der Waals surface area contributed by atoms with E-state index in [1.54, 1.807) is 24.3 Å². The largest absolute Gasteiger partial charge is 0.489 e. The van der Waals surface area contributed by atoms with Gasteiger partial charge in [0.15, 0.2) is 5.60 Å². The number of nitrogens with one attached hydrogen (secondary N) is 1. The molecule has 0 radical (unpaired) electrons. The molecular weight excluding hydrogens is 646 g/mol. The first kappa shape index (κ1) is 32.8. The lowest BCUT2D eigenvalue weighted by Gasteiger charge is -2.35. The van der Waals surface area contributed by atoms with E-state index in [1.165, 1.54) is 11.0 Å². The molecule has 15 heteroatoms. The molecule has 0 aliphatic carbocycles. The van der Waals surface area contributed by atoms with Crippen LogP contribution in [0, 0.1) is 23.5 Å². The molecule has 1 fully saturated rings. The van der Waals surface area contributed by atoms with Gasteiger partial charge in [0.25, 0.3) is 0 Å². The van der Waals surface area contributed by atoms with Crippen LogP contribution in [0.15, 0.2) is 91.4 Å². The summed E-state index contributed by atoms with van der Waals surface area (Å²) in [5, 5.41) is 23.8. The van der Waals surface area contributed by atoms with E-state index in [9.17, 15) is 23.5 Å². The van der Waals surface area contributed by atoms with Gasteiger partial charge in [-0.3, -0.25) is 15.1 Å². The number of halogens is 4. The highest BCUT2D eigenvalue weighted by Crippen LogP contribution is 2.46. The minimum Gasteiger partial charge on any atom is -0.489 e. The Morgan fingerprint density at radius 1 is 0.918 bits per heavy atom. The second-order valence-electron chi connectivity index (χ2n) is 11.1. The molecule has 0 saturated carbocycles. The van der Waals surface area contributed by atoms with E-state index in [0.29, 0.717) is 23.9 Å². The Balaban J connectivity index is 1.09. The maximum absolute atomic E-state index is 15.9. The van der Waals surface area contributed by atoms with Crippen molar-refractivity contribution in [1.82, 2.24) is 35.4 Å². The van der Waals surface area contributed by atoms with Gasteiger partial charge in [-0.25, -0.2) is 18.3 Å². The van der Waals surface area contributed by atoms with Crippen molar-refractivity contribution in [3.05, 3.63) is 137 Å². The Hall–Kier alpha value is -6.14. The molecule has 0 bridgehead atoms. The number of ether oxygens (including phenoxy) is 1. The zero-order valence-electron chi connectivity index (χ0n) is 25.4. The molecule has 1 saturated heterocycles. The maximum atomic E-state index is 15.9. The van der Waals surface area contributed by atoms with Gasteiger partial charge in [-0.15, -0.1) is 5.10 Å². The van der Waals surface area contributed by atoms with Crippen LogP contribution in [0.2, 0.25) is 0 Å². The number of hydrogen-bond acceptors (Lipinski definition) is 8. The quantitative estimate of drug-likeness (QED) is 0.129. The predicted octanol–water partition coefficient (Wildman–Crippen LogP) is 4.06. The third-order valence-corrected chi connectivity index (χ3v) is 7.64. The molecule has 11 nitrogen and oxygen atoms in total. The zero-order chi connectivity index (χ0) is 34.6. The highest BCUT2D eigenvalue weighted by molar-refractivity contribution is 6.01. The van der Waals surface area contributed by atoms with Gasteiger partial charge in [-0.1, -0.05) is 36.1 Å². The summed E-state index contributed by atoms with van der Waals surface area (Å²) in [4.78, 5) is 28.3. The summed E-state index contributed by atoms with van der Waals surface area (Å²) in [6.07, 6.45) is 2.06. The Kier molecular flexibility index (Phi) is 9.06. The van der Waals surface area contributed by atoms with Crippen molar-refractivity contribution in [3.8, 4) is 17.6 Å². The van der Waals surface area contributed by atoms with Gasteiger partial charge in [-0.2, -0.15) is 8.78 Å². The van der Waals surface area contributed by atoms with Crippen molar-refractivity contribution < 1.29 is 37.0 Å². The van der Waals surface area contributed by atoms with Crippen molar-refractivity contribution in [2.45, 2.75) is 31.2 Å². The summed E-state index contributed by atoms with van der Waals surface area (Å²) in [5.41, 5.74) is -2.33. The van der Waals surface area contributed by atoms with Crippen LogP contribution in [0.5, 0.6) is 5.75 Å². The van der Waals surface area contributed by atoms with Crippen LogP contribution in [0.25, 0.3) is 0 Å². The van der Waals surface area contributed by atoms with E-state index in [0.717, 1.165) is 46.5 Å². The number of carbonyl (C=O) groups excluding carboxylic acids is 2. The average Bonchev–Trinajstić information content (AvgIpc) is 3.71. The summed E-state index contributed by atoms with van der Waals surface area (Å²) in [6.45, 7) is -0.325. The van der Waals surface area contributed by atoms with Gasteiger partial charge >= 0.3 is 12.0 Å². The number of urea groups is 1. The highest BCUT2D eigenvalue weighted by Gasteiger charge is 2.58. The number of benzene rings is 3. The summed E-state index contributed by atoms with van der Waals surface area (Å²) >= 11 is 0. The minimum atomic E-state index is -4.19. The van der Waals surface area contributed by atoms with E-state index in [2.05, 4.69) is 37.7 Å². The summed E-state index contributed by atoms with van der Waals surface area (Å²) in [7, 11) is 0. The number of pyridine rings is 1. The molecule has 1 aliphatic rings. The normalized spacial score (nSPS) is 14.2. The van der Waals surface area contributed by atoms with Gasteiger partial charge < -0.3 is 14.7 Å². The highest BCUT2D eigenvalue weighted by atomic mass is 19.3. The van der Waals surface area contributed by atoms with E-state index in [1.807, 2.05) is 24.3 Å². The number of carbonyl (C=O) groups is 2. The SMILES string of the molecule is O=C1CN(Cc2ccc(COc3ccc(C#Cc4ccc(C(F)(F)C(O)(Cn5cnnn5)c5ccc(F)cc5F)nc4)cc3)cc2)C(=O)N1. The Bertz CT molecular complexity index is 2030.